The van der Waals surface area contributed by atoms with Crippen LogP contribution in [0.25, 0.3) is 0 Å². The molecule has 0 aliphatic rings. The number of aliphatic hydroxyl groups excluding tert-OH is 1. The Hall–Kier alpha value is -3.93. The highest BCUT2D eigenvalue weighted by Gasteiger charge is 2.16. The number of aliphatic imine (C=N–C) groups is 1. The van der Waals surface area contributed by atoms with Crippen LogP contribution in [0.2, 0.25) is 5.15 Å². The molecule has 2 aromatic carbocycles. The maximum absolute atomic E-state index is 12.3. The smallest absolute Gasteiger partial charge is 0.280 e. The minimum Gasteiger partial charge on any atom is -0.508 e. The lowest BCUT2D eigenvalue weighted by molar-refractivity contribution is 0.0972. The van der Waals surface area contributed by atoms with E-state index in [4.69, 9.17) is 28.8 Å². The van der Waals surface area contributed by atoms with E-state index in [-0.39, 0.29) is 40.2 Å². The molecule has 0 bridgehead atoms. The van der Waals surface area contributed by atoms with Gasteiger partial charge in [-0.2, -0.15) is 0 Å². The number of aryl methyl sites for hydroxylation is 2. The summed E-state index contributed by atoms with van der Waals surface area (Å²) in [5.74, 6) is -0.744. The number of benzene rings is 2. The normalized spacial score (nSPS) is 13.1. The van der Waals surface area contributed by atoms with Gasteiger partial charge in [-0.25, -0.2) is 9.97 Å². The lowest BCUT2D eigenvalue weighted by atomic mass is 10.0. The third kappa shape index (κ3) is 10.5. The van der Waals surface area contributed by atoms with Gasteiger partial charge < -0.3 is 32.7 Å². The van der Waals surface area contributed by atoms with E-state index in [9.17, 15) is 15.0 Å². The number of carbonyl (C=O) groups is 1. The van der Waals surface area contributed by atoms with Crippen molar-refractivity contribution in [3.05, 3.63) is 76.1 Å². The van der Waals surface area contributed by atoms with Gasteiger partial charge in [0, 0.05) is 19.1 Å². The topological polar surface area (TPSA) is 198 Å². The number of phenolic OH excluding ortho intramolecular Hbond substituents is 1. The molecule has 0 aliphatic carbocycles. The van der Waals surface area contributed by atoms with Crippen molar-refractivity contribution in [1.82, 2.24) is 20.6 Å². The zero-order chi connectivity index (χ0) is 29.8. The van der Waals surface area contributed by atoms with Crippen molar-refractivity contribution in [2.45, 2.75) is 57.6 Å². The predicted octanol–water partition coefficient (Wildman–Crippen LogP) is 3.10. The molecular weight excluding hydrogens is 544 g/mol. The van der Waals surface area contributed by atoms with Gasteiger partial charge in [-0.05, 0) is 74.3 Å². The molecule has 12 heteroatoms. The number of aromatic nitrogens is 2. The van der Waals surface area contributed by atoms with Crippen molar-refractivity contribution in [2.75, 3.05) is 24.6 Å². The summed E-state index contributed by atoms with van der Waals surface area (Å²) in [4.78, 5) is 24.1. The number of hydrogen-bond donors (Lipinski definition) is 7. The van der Waals surface area contributed by atoms with E-state index in [0.717, 1.165) is 38.5 Å². The molecule has 220 valence electrons. The first kappa shape index (κ1) is 31.6. The number of anilines is 2. The Bertz CT molecular complexity index is 1320. The van der Waals surface area contributed by atoms with Gasteiger partial charge >= 0.3 is 0 Å². The minimum atomic E-state index is -0.660. The van der Waals surface area contributed by atoms with Gasteiger partial charge in [0.2, 0.25) is 0 Å². The van der Waals surface area contributed by atoms with E-state index in [2.05, 4.69) is 56.8 Å². The number of phenols is 1. The summed E-state index contributed by atoms with van der Waals surface area (Å²) in [6, 6.07) is 15.6. The molecule has 0 saturated heterocycles. The molecule has 41 heavy (non-hydrogen) atoms. The number of aromatic hydroxyl groups is 1. The van der Waals surface area contributed by atoms with Crippen LogP contribution in [-0.4, -0.2) is 51.2 Å². The maximum atomic E-state index is 12.3. The van der Waals surface area contributed by atoms with Gasteiger partial charge in [-0.3, -0.25) is 15.1 Å². The van der Waals surface area contributed by atoms with Crippen LogP contribution >= 0.6 is 11.6 Å². The first-order chi connectivity index (χ1) is 19.6. The molecule has 0 saturated carbocycles. The number of amides is 1. The van der Waals surface area contributed by atoms with Gasteiger partial charge in [-0.1, -0.05) is 48.0 Å². The van der Waals surface area contributed by atoms with Crippen molar-refractivity contribution in [2.24, 2.45) is 10.7 Å². The number of nitrogens with one attached hydrogen (secondary N) is 2. The summed E-state index contributed by atoms with van der Waals surface area (Å²) in [5, 5.41) is 25.6. The van der Waals surface area contributed by atoms with Crippen LogP contribution in [0, 0.1) is 0 Å². The Balaban J connectivity index is 1.30. The third-order valence-corrected chi connectivity index (χ3v) is 6.84. The van der Waals surface area contributed by atoms with Gasteiger partial charge in [0.15, 0.2) is 28.4 Å². The fourth-order valence-corrected chi connectivity index (χ4v) is 4.34. The molecule has 1 unspecified atom stereocenters. The molecule has 0 fully saturated rings. The summed E-state index contributed by atoms with van der Waals surface area (Å²) >= 11 is 5.81. The van der Waals surface area contributed by atoms with E-state index in [1.165, 1.54) is 11.1 Å². The van der Waals surface area contributed by atoms with Crippen LogP contribution in [0.3, 0.4) is 0 Å². The van der Waals surface area contributed by atoms with Gasteiger partial charge in [-0.15, -0.1) is 0 Å². The Kier molecular flexibility index (Phi) is 12.1. The standard InChI is InChI=1S/C29H39ClN8O3/c1-18(35-17-23(40)21-9-5-10-22(39)16-21)6-4-8-20-13-11-19(12-14-20)7-2-3-15-34-29(33)38-28(41)24-26(31)37-27(32)25(30)36-24/h5,9-14,16,18,23,35,39-40H,2-4,6-8,15,17H2,1H3,(H4,31,32,37)(H3,33,34,38,41)/t18?,23-/m0/s1. The first-order valence-electron chi connectivity index (χ1n) is 13.6. The second kappa shape index (κ2) is 15.8. The summed E-state index contributed by atoms with van der Waals surface area (Å²) in [7, 11) is 0. The number of rotatable bonds is 14. The SMILES string of the molecule is CC(CCCc1ccc(CCCCN=C(N)NC(=O)c2nc(Cl)c(N)nc2N)cc1)NC[C@H](O)c1cccc(O)c1. The monoisotopic (exact) mass is 582 g/mol. The lowest BCUT2D eigenvalue weighted by Crippen LogP contribution is -2.38. The molecule has 3 rings (SSSR count). The highest BCUT2D eigenvalue weighted by atomic mass is 35.5. The fourth-order valence-electron chi connectivity index (χ4n) is 4.21. The minimum absolute atomic E-state index is 0.0364. The Morgan fingerprint density at radius 2 is 1.71 bits per heavy atom. The Morgan fingerprint density at radius 3 is 2.39 bits per heavy atom. The average Bonchev–Trinajstić information content (AvgIpc) is 2.94. The van der Waals surface area contributed by atoms with Crippen molar-refractivity contribution in [1.29, 1.82) is 0 Å². The Labute approximate surface area is 245 Å². The maximum Gasteiger partial charge on any atom is 0.280 e. The molecule has 3 aromatic rings. The molecule has 0 spiro atoms. The van der Waals surface area contributed by atoms with Gasteiger partial charge in [0.25, 0.3) is 5.91 Å². The van der Waals surface area contributed by atoms with Crippen LogP contribution in [-0.2, 0) is 12.8 Å². The van der Waals surface area contributed by atoms with E-state index in [1.807, 2.05) is 0 Å². The molecular formula is C29H39ClN8O3. The lowest BCUT2D eigenvalue weighted by Gasteiger charge is -2.17. The quantitative estimate of drug-likeness (QED) is 0.0847. The zero-order valence-corrected chi connectivity index (χ0v) is 23.9. The van der Waals surface area contributed by atoms with E-state index in [1.54, 1.807) is 24.3 Å². The van der Waals surface area contributed by atoms with E-state index in [0.29, 0.717) is 18.7 Å². The molecule has 1 heterocycles. The van der Waals surface area contributed by atoms with Crippen molar-refractivity contribution < 1.29 is 15.0 Å². The van der Waals surface area contributed by atoms with Crippen molar-refractivity contribution >= 4 is 35.1 Å². The number of aliphatic hydroxyl groups is 1. The molecule has 2 atom stereocenters. The highest BCUT2D eigenvalue weighted by molar-refractivity contribution is 6.31. The van der Waals surface area contributed by atoms with Crippen LogP contribution in [0.15, 0.2) is 53.5 Å². The predicted molar refractivity (Wildman–Crippen MR) is 163 cm³/mol. The van der Waals surface area contributed by atoms with E-state index >= 15 is 0 Å². The molecule has 1 amide bonds. The average molecular weight is 583 g/mol. The number of nitrogen functional groups attached to an aromatic ring is 2. The zero-order valence-electron chi connectivity index (χ0n) is 23.2. The number of nitrogens with zero attached hydrogens (tertiary/aromatic N) is 3. The van der Waals surface area contributed by atoms with Crippen LogP contribution in [0.4, 0.5) is 11.6 Å². The van der Waals surface area contributed by atoms with Gasteiger partial charge in [0.05, 0.1) is 6.10 Å². The van der Waals surface area contributed by atoms with Gasteiger partial charge in [0.1, 0.15) is 5.75 Å². The molecule has 0 aliphatic heterocycles. The number of halogens is 1. The number of guanidine groups is 1. The fraction of sp³-hybridized carbons (Fsp3) is 0.379. The van der Waals surface area contributed by atoms with Crippen molar-refractivity contribution in [3.63, 3.8) is 0 Å². The van der Waals surface area contributed by atoms with Crippen LogP contribution in [0.1, 0.15) is 65.9 Å². The molecule has 0 radical (unpaired) electrons. The van der Waals surface area contributed by atoms with Crippen LogP contribution < -0.4 is 27.8 Å². The highest BCUT2D eigenvalue weighted by Crippen LogP contribution is 2.19. The molecule has 10 N–H and O–H groups in total. The summed E-state index contributed by atoms with van der Waals surface area (Å²) in [5.41, 5.74) is 20.1. The Morgan fingerprint density at radius 1 is 1.02 bits per heavy atom. The number of nitrogens with two attached hydrogens (primary N) is 3. The molecule has 11 nitrogen and oxygen atoms in total. The number of hydrogen-bond acceptors (Lipinski definition) is 9. The van der Waals surface area contributed by atoms with Crippen molar-refractivity contribution in [3.8, 4) is 5.75 Å². The number of carbonyl (C=O) groups excluding carboxylic acids is 1. The summed E-state index contributed by atoms with van der Waals surface area (Å²) in [6.07, 6.45) is 5.01. The number of unbranched alkanes of at least 4 members (excludes halogenated alkanes) is 1. The largest absolute Gasteiger partial charge is 0.508 e. The second-order valence-corrected chi connectivity index (χ2v) is 10.3. The van der Waals surface area contributed by atoms with Crippen LogP contribution in [0.5, 0.6) is 5.75 Å². The summed E-state index contributed by atoms with van der Waals surface area (Å²) in [6.45, 7) is 3.02. The molecule has 1 aromatic heterocycles. The summed E-state index contributed by atoms with van der Waals surface area (Å²) < 4.78 is 0. The second-order valence-electron chi connectivity index (χ2n) is 9.94. The van der Waals surface area contributed by atoms with E-state index < -0.39 is 12.0 Å². The third-order valence-electron chi connectivity index (χ3n) is 6.56. The first-order valence-corrected chi connectivity index (χ1v) is 14.0.